The summed E-state index contributed by atoms with van der Waals surface area (Å²) in [4.78, 5) is 0. The lowest BCUT2D eigenvalue weighted by molar-refractivity contribution is 0.101. The molecule has 0 fully saturated rings. The van der Waals surface area contributed by atoms with E-state index in [4.69, 9.17) is 14.2 Å². The Kier molecular flexibility index (Phi) is 8.35. The molecule has 0 aromatic heterocycles. The highest BCUT2D eigenvalue weighted by molar-refractivity contribution is 6.00. The molecule has 0 amide bonds. The zero-order chi connectivity index (χ0) is 25.3. The van der Waals surface area contributed by atoms with Gasteiger partial charge < -0.3 is 14.2 Å². The van der Waals surface area contributed by atoms with E-state index < -0.39 is 0 Å². The number of hydrogen-bond acceptors (Lipinski definition) is 3. The number of ether oxygens (including phenoxy) is 3. The molecule has 4 aromatic rings. The summed E-state index contributed by atoms with van der Waals surface area (Å²) in [6.45, 7) is 4.63. The van der Waals surface area contributed by atoms with Crippen molar-refractivity contribution in [2.24, 2.45) is 0 Å². The number of allylic oxidation sites excluding steroid dienone is 1. The molecule has 0 heterocycles. The van der Waals surface area contributed by atoms with Gasteiger partial charge in [0.25, 0.3) is 0 Å². The van der Waals surface area contributed by atoms with Crippen molar-refractivity contribution in [3.05, 3.63) is 131 Å². The van der Waals surface area contributed by atoms with Crippen LogP contribution < -0.4 is 9.47 Å². The average molecular weight is 491 g/mol. The molecule has 0 saturated carbocycles. The second kappa shape index (κ2) is 12.4. The Hall–Kier alpha value is -3.82. The van der Waals surface area contributed by atoms with Crippen LogP contribution in [0.5, 0.6) is 11.5 Å². The van der Waals surface area contributed by atoms with Gasteiger partial charge in [0.05, 0.1) is 6.61 Å². The highest BCUT2D eigenvalue weighted by atomic mass is 16.5. The van der Waals surface area contributed by atoms with Gasteiger partial charge in [-0.1, -0.05) is 85.8 Å². The van der Waals surface area contributed by atoms with E-state index in [0.717, 1.165) is 37.4 Å². The molecule has 0 spiro atoms. The third kappa shape index (κ3) is 6.31. The van der Waals surface area contributed by atoms with Gasteiger partial charge in [0.1, 0.15) is 24.7 Å². The molecule has 4 aromatic carbocycles. The number of fused-ring (bicyclic) bond motifs is 1. The molecule has 1 aliphatic rings. The van der Waals surface area contributed by atoms with Gasteiger partial charge in [-0.15, -0.1) is 0 Å². The van der Waals surface area contributed by atoms with E-state index in [1.807, 2.05) is 18.2 Å². The molecule has 0 saturated heterocycles. The van der Waals surface area contributed by atoms with Crippen LogP contribution in [-0.2, 0) is 17.8 Å². The van der Waals surface area contributed by atoms with Gasteiger partial charge in [-0.3, -0.25) is 0 Å². The molecule has 3 nitrogen and oxygen atoms in total. The van der Waals surface area contributed by atoms with Gasteiger partial charge in [0, 0.05) is 6.61 Å². The predicted octanol–water partition coefficient (Wildman–Crippen LogP) is 7.98. The van der Waals surface area contributed by atoms with Crippen molar-refractivity contribution in [1.82, 2.24) is 0 Å². The lowest BCUT2D eigenvalue weighted by atomic mass is 9.79. The topological polar surface area (TPSA) is 27.7 Å². The van der Waals surface area contributed by atoms with E-state index in [2.05, 4.69) is 91.9 Å². The van der Waals surface area contributed by atoms with Gasteiger partial charge >= 0.3 is 0 Å². The van der Waals surface area contributed by atoms with Crippen LogP contribution in [0.4, 0.5) is 0 Å². The Labute approximate surface area is 220 Å². The molecular weight excluding hydrogens is 456 g/mol. The molecule has 37 heavy (non-hydrogen) atoms. The minimum Gasteiger partial charge on any atom is -0.491 e. The molecule has 0 unspecified atom stereocenters. The fourth-order valence-electron chi connectivity index (χ4n) is 4.84. The Balaban J connectivity index is 1.41. The maximum absolute atomic E-state index is 6.15. The van der Waals surface area contributed by atoms with Crippen molar-refractivity contribution in [1.29, 1.82) is 0 Å². The van der Waals surface area contributed by atoms with Crippen LogP contribution in [0, 0.1) is 0 Å². The minimum atomic E-state index is 0.561. The maximum Gasteiger partial charge on any atom is 0.120 e. The summed E-state index contributed by atoms with van der Waals surface area (Å²) in [5.41, 5.74) is 8.93. The quantitative estimate of drug-likeness (QED) is 0.200. The Morgan fingerprint density at radius 1 is 0.622 bits per heavy atom. The van der Waals surface area contributed by atoms with Gasteiger partial charge in [-0.2, -0.15) is 0 Å². The van der Waals surface area contributed by atoms with Gasteiger partial charge in [-0.25, -0.2) is 0 Å². The van der Waals surface area contributed by atoms with Gasteiger partial charge in [0.15, 0.2) is 0 Å². The number of aryl methyl sites for hydroxylation is 1. The van der Waals surface area contributed by atoms with Crippen molar-refractivity contribution in [3.63, 3.8) is 0 Å². The molecule has 0 N–H and O–H groups in total. The van der Waals surface area contributed by atoms with E-state index in [1.165, 1.54) is 39.0 Å². The lowest BCUT2D eigenvalue weighted by Crippen LogP contribution is -2.08. The van der Waals surface area contributed by atoms with Crippen LogP contribution in [0.3, 0.4) is 0 Å². The normalized spacial score (nSPS) is 12.8. The fraction of sp³-hybridized carbons (Fsp3) is 0.235. The van der Waals surface area contributed by atoms with Crippen LogP contribution >= 0.6 is 0 Å². The van der Waals surface area contributed by atoms with Crippen LogP contribution in [0.25, 0.3) is 11.1 Å². The van der Waals surface area contributed by atoms with Crippen molar-refractivity contribution in [2.75, 3.05) is 19.8 Å². The molecule has 1 aliphatic carbocycles. The summed E-state index contributed by atoms with van der Waals surface area (Å²) in [6.07, 6.45) is 3.00. The first kappa shape index (κ1) is 24.9. The summed E-state index contributed by atoms with van der Waals surface area (Å²) in [5.74, 6) is 1.78. The molecule has 0 bridgehead atoms. The average Bonchev–Trinajstić information content (AvgIpc) is 2.96. The minimum absolute atomic E-state index is 0.561. The summed E-state index contributed by atoms with van der Waals surface area (Å²) in [5, 5.41) is 0. The number of benzene rings is 4. The van der Waals surface area contributed by atoms with E-state index in [0.29, 0.717) is 19.8 Å². The van der Waals surface area contributed by atoms with Crippen LogP contribution in [0.15, 0.2) is 103 Å². The molecule has 0 atom stereocenters. The van der Waals surface area contributed by atoms with Gasteiger partial charge in [-0.05, 0) is 82.5 Å². The molecule has 0 radical (unpaired) electrons. The van der Waals surface area contributed by atoms with Crippen molar-refractivity contribution in [3.8, 4) is 11.5 Å². The van der Waals surface area contributed by atoms with Crippen LogP contribution in [0.1, 0.15) is 47.6 Å². The standard InChI is InChI=1S/C34H34O3/c1-2-21-35-22-23-36-30-16-13-28(14-17-30)34-32(27-11-7-4-8-12-27)19-15-29-24-31(18-20-33(29)34)37-25-26-9-5-3-6-10-26/h3-14,16-18,20,24H,2,15,19,21-23,25H2,1H3. The second-order valence-electron chi connectivity index (χ2n) is 9.30. The highest BCUT2D eigenvalue weighted by Crippen LogP contribution is 2.42. The van der Waals surface area contributed by atoms with E-state index in [9.17, 15) is 0 Å². The lowest BCUT2D eigenvalue weighted by Gasteiger charge is -2.25. The van der Waals surface area contributed by atoms with Crippen molar-refractivity contribution in [2.45, 2.75) is 32.8 Å². The molecular formula is C34H34O3. The number of rotatable bonds is 11. The largest absolute Gasteiger partial charge is 0.491 e. The zero-order valence-electron chi connectivity index (χ0n) is 21.5. The Morgan fingerprint density at radius 3 is 2.11 bits per heavy atom. The molecule has 3 heteroatoms. The highest BCUT2D eigenvalue weighted by Gasteiger charge is 2.22. The summed E-state index contributed by atoms with van der Waals surface area (Å²) < 4.78 is 17.6. The van der Waals surface area contributed by atoms with E-state index in [1.54, 1.807) is 0 Å². The SMILES string of the molecule is CCCOCCOc1ccc(C2=C(c3ccccc3)CCc3cc(OCc4ccccc4)ccc32)cc1. The van der Waals surface area contributed by atoms with Crippen LogP contribution in [0.2, 0.25) is 0 Å². The van der Waals surface area contributed by atoms with Crippen molar-refractivity contribution < 1.29 is 14.2 Å². The predicted molar refractivity (Wildman–Crippen MR) is 151 cm³/mol. The number of hydrogen-bond donors (Lipinski definition) is 0. The van der Waals surface area contributed by atoms with E-state index in [-0.39, 0.29) is 0 Å². The van der Waals surface area contributed by atoms with Crippen molar-refractivity contribution >= 4 is 11.1 Å². The third-order valence-corrected chi connectivity index (χ3v) is 6.65. The maximum atomic E-state index is 6.15. The first-order valence-electron chi connectivity index (χ1n) is 13.2. The fourth-order valence-corrected chi connectivity index (χ4v) is 4.84. The zero-order valence-corrected chi connectivity index (χ0v) is 21.5. The monoisotopic (exact) mass is 490 g/mol. The smallest absolute Gasteiger partial charge is 0.120 e. The Morgan fingerprint density at radius 2 is 1.35 bits per heavy atom. The van der Waals surface area contributed by atoms with Crippen LogP contribution in [-0.4, -0.2) is 19.8 Å². The molecule has 188 valence electrons. The summed E-state index contributed by atoms with van der Waals surface area (Å²) in [7, 11) is 0. The summed E-state index contributed by atoms with van der Waals surface area (Å²) >= 11 is 0. The molecule has 0 aliphatic heterocycles. The van der Waals surface area contributed by atoms with E-state index >= 15 is 0 Å². The Bertz CT molecular complexity index is 1310. The third-order valence-electron chi connectivity index (χ3n) is 6.65. The first-order valence-corrected chi connectivity index (χ1v) is 13.2. The van der Waals surface area contributed by atoms with Gasteiger partial charge in [0.2, 0.25) is 0 Å². The molecule has 5 rings (SSSR count). The first-order chi connectivity index (χ1) is 18.3. The summed E-state index contributed by atoms with van der Waals surface area (Å²) in [6, 6.07) is 36.1. The second-order valence-corrected chi connectivity index (χ2v) is 9.30.